The molecule has 0 aliphatic rings. The molecule has 0 radical (unpaired) electrons. The molecule has 0 aromatic rings. The highest BCUT2D eigenvalue weighted by Gasteiger charge is 2.67. The van der Waals surface area contributed by atoms with Gasteiger partial charge in [0.05, 0.1) is 0 Å². The second-order valence-corrected chi connectivity index (χ2v) is 2.01. The first-order chi connectivity index (χ1) is 5.90. The summed E-state index contributed by atoms with van der Waals surface area (Å²) in [6.07, 6.45) is -12.2. The van der Waals surface area contributed by atoms with Crippen LogP contribution in [-0.4, -0.2) is 24.3 Å². The Labute approximate surface area is 71.6 Å². The van der Waals surface area contributed by atoms with Gasteiger partial charge in [-0.25, -0.2) is 4.74 Å². The molecule has 84 valence electrons. The Bertz CT molecular complexity index is 233. The van der Waals surface area contributed by atoms with E-state index in [9.17, 15) is 35.5 Å². The Balaban J connectivity index is 5.04. The highest BCUT2D eigenvalue weighted by atomic mass is 19.4. The van der Waals surface area contributed by atoms with Gasteiger partial charge in [0.1, 0.15) is 0 Å². The number of alkyl halides is 7. The maximum Gasteiger partial charge on any atom is 0.525 e. The molecule has 0 saturated carbocycles. The maximum absolute atomic E-state index is 12.4. The first kappa shape index (κ1) is 12.9. The van der Waals surface area contributed by atoms with Gasteiger partial charge in [0, 0.05) is 0 Å². The molecule has 3 nitrogen and oxygen atoms in total. The number of amides is 1. The number of nitrogens with two attached hydrogens (primary N) is 1. The number of ether oxygens (including phenoxy) is 1. The number of carbonyl (C=O) groups excluding carboxylic acids is 1. The highest BCUT2D eigenvalue weighted by Crippen LogP contribution is 2.39. The van der Waals surface area contributed by atoms with Crippen LogP contribution in [0.5, 0.6) is 0 Å². The zero-order chi connectivity index (χ0) is 11.8. The fraction of sp³-hybridized carbons (Fsp3) is 0.750. The minimum absolute atomic E-state index is 1.98. The fourth-order valence-electron chi connectivity index (χ4n) is 0.407. The van der Waals surface area contributed by atoms with Gasteiger partial charge < -0.3 is 5.73 Å². The summed E-state index contributed by atoms with van der Waals surface area (Å²) in [5.41, 5.74) is 3.81. The van der Waals surface area contributed by atoms with Gasteiger partial charge in [0.15, 0.2) is 0 Å². The lowest BCUT2D eigenvalue weighted by atomic mass is 10.3. The van der Waals surface area contributed by atoms with Gasteiger partial charge in [-0.2, -0.15) is 17.6 Å². The molecule has 0 unspecified atom stereocenters. The zero-order valence-electron chi connectivity index (χ0n) is 6.04. The molecular formula is C4H2F7NO2. The molecule has 0 aliphatic heterocycles. The summed E-state index contributed by atoms with van der Waals surface area (Å²) in [6, 6.07) is 0. The van der Waals surface area contributed by atoms with Crippen LogP contribution in [0.1, 0.15) is 0 Å². The number of primary amides is 1. The van der Waals surface area contributed by atoms with Crippen LogP contribution >= 0.6 is 0 Å². The van der Waals surface area contributed by atoms with E-state index in [0.717, 1.165) is 0 Å². The summed E-state index contributed by atoms with van der Waals surface area (Å²) in [7, 11) is 0. The number of hydrogen-bond donors (Lipinski definition) is 1. The van der Waals surface area contributed by atoms with Gasteiger partial charge >= 0.3 is 18.4 Å². The largest absolute Gasteiger partial charge is 0.525 e. The molecule has 0 aromatic carbocycles. The topological polar surface area (TPSA) is 52.3 Å². The lowest BCUT2D eigenvalue weighted by molar-refractivity contribution is -0.431. The van der Waals surface area contributed by atoms with Gasteiger partial charge in [0.25, 0.3) is 5.91 Å². The van der Waals surface area contributed by atoms with Crippen LogP contribution in [0.15, 0.2) is 0 Å². The van der Waals surface area contributed by atoms with Crippen LogP contribution in [0.4, 0.5) is 30.7 Å². The first-order valence-electron chi connectivity index (χ1n) is 2.72. The van der Waals surface area contributed by atoms with E-state index in [4.69, 9.17) is 0 Å². The van der Waals surface area contributed by atoms with Gasteiger partial charge in [0.2, 0.25) is 0 Å². The van der Waals surface area contributed by atoms with E-state index < -0.39 is 24.3 Å². The monoisotopic (exact) mass is 229 g/mol. The fourth-order valence-corrected chi connectivity index (χ4v) is 0.407. The number of halogens is 7. The van der Waals surface area contributed by atoms with Gasteiger partial charge in [-0.1, -0.05) is 0 Å². The summed E-state index contributed by atoms with van der Waals surface area (Å²) >= 11 is 0. The maximum atomic E-state index is 12.4. The predicted molar refractivity (Wildman–Crippen MR) is 26.2 cm³/mol. The Morgan fingerprint density at radius 3 is 1.43 bits per heavy atom. The van der Waals surface area contributed by atoms with E-state index in [-0.39, 0.29) is 0 Å². The molecule has 14 heavy (non-hydrogen) atoms. The SMILES string of the molecule is NC(=O)[C@@](F)(OC(F)(F)F)C(F)(F)F. The van der Waals surface area contributed by atoms with Crippen LogP contribution < -0.4 is 5.73 Å². The Morgan fingerprint density at radius 2 is 1.36 bits per heavy atom. The van der Waals surface area contributed by atoms with Crippen molar-refractivity contribution in [1.82, 2.24) is 0 Å². The third-order valence-corrected chi connectivity index (χ3v) is 0.938. The van der Waals surface area contributed by atoms with Crippen molar-refractivity contribution in [3.05, 3.63) is 0 Å². The van der Waals surface area contributed by atoms with Crippen molar-refractivity contribution in [1.29, 1.82) is 0 Å². The lowest BCUT2D eigenvalue weighted by Crippen LogP contribution is -2.56. The summed E-state index contributed by atoms with van der Waals surface area (Å²) < 4.78 is 82.9. The van der Waals surface area contributed by atoms with Crippen LogP contribution in [0.3, 0.4) is 0 Å². The normalized spacial score (nSPS) is 17.6. The van der Waals surface area contributed by atoms with E-state index in [2.05, 4.69) is 5.73 Å². The van der Waals surface area contributed by atoms with E-state index in [1.807, 2.05) is 4.74 Å². The van der Waals surface area contributed by atoms with E-state index in [1.54, 1.807) is 0 Å². The summed E-state index contributed by atoms with van der Waals surface area (Å²) in [4.78, 5) is 9.85. The third kappa shape index (κ3) is 2.72. The Morgan fingerprint density at radius 1 is 1.00 bits per heavy atom. The summed E-state index contributed by atoms with van der Waals surface area (Å²) in [5.74, 6) is -8.49. The van der Waals surface area contributed by atoms with Crippen LogP contribution in [-0.2, 0) is 9.53 Å². The molecule has 0 saturated heterocycles. The second-order valence-electron chi connectivity index (χ2n) is 2.01. The molecular weight excluding hydrogens is 227 g/mol. The molecule has 1 amide bonds. The minimum Gasteiger partial charge on any atom is -0.364 e. The summed E-state index contributed by atoms with van der Waals surface area (Å²) in [6.45, 7) is 0. The van der Waals surface area contributed by atoms with Crippen molar-refractivity contribution in [2.24, 2.45) is 5.73 Å². The molecule has 0 fully saturated rings. The first-order valence-corrected chi connectivity index (χ1v) is 2.72. The molecule has 2 N–H and O–H groups in total. The lowest BCUT2D eigenvalue weighted by Gasteiger charge is -2.25. The molecule has 0 rings (SSSR count). The molecule has 0 aromatic heterocycles. The van der Waals surface area contributed by atoms with Crippen molar-refractivity contribution in [2.75, 3.05) is 0 Å². The molecule has 0 aliphatic carbocycles. The average Bonchev–Trinajstić information content (AvgIpc) is 1.79. The number of carbonyl (C=O) groups is 1. The molecule has 0 heterocycles. The van der Waals surface area contributed by atoms with Crippen molar-refractivity contribution >= 4 is 5.91 Å². The predicted octanol–water partition coefficient (Wildman–Crippen LogP) is 1.24. The molecule has 0 spiro atoms. The smallest absolute Gasteiger partial charge is 0.364 e. The van der Waals surface area contributed by atoms with Crippen molar-refractivity contribution < 1.29 is 40.3 Å². The minimum atomic E-state index is -6.20. The van der Waals surface area contributed by atoms with Gasteiger partial charge in [-0.15, -0.1) is 13.2 Å². The van der Waals surface area contributed by atoms with Crippen molar-refractivity contribution in [3.63, 3.8) is 0 Å². The van der Waals surface area contributed by atoms with Crippen LogP contribution in [0.2, 0.25) is 0 Å². The van der Waals surface area contributed by atoms with Crippen molar-refractivity contribution in [2.45, 2.75) is 18.4 Å². The van der Waals surface area contributed by atoms with Gasteiger partial charge in [-0.3, -0.25) is 4.79 Å². The standard InChI is InChI=1S/C4H2F7NO2/c5-2(1(12)13,3(6,7)8)14-4(9,10)11/h(H2,12,13)/t2-/m1/s1. The van der Waals surface area contributed by atoms with E-state index in [1.165, 1.54) is 0 Å². The average molecular weight is 229 g/mol. The van der Waals surface area contributed by atoms with Crippen molar-refractivity contribution in [3.8, 4) is 0 Å². The van der Waals surface area contributed by atoms with Crippen LogP contribution in [0, 0.1) is 0 Å². The molecule has 1 atom stereocenters. The second kappa shape index (κ2) is 3.26. The number of rotatable bonds is 2. The number of hydrogen-bond acceptors (Lipinski definition) is 2. The molecule has 0 bridgehead atoms. The summed E-state index contributed by atoms with van der Waals surface area (Å²) in [5, 5.41) is 0. The quantitative estimate of drug-likeness (QED) is 0.724. The Hall–Kier alpha value is -1.06. The van der Waals surface area contributed by atoms with Crippen LogP contribution in [0.25, 0.3) is 0 Å². The van der Waals surface area contributed by atoms with E-state index in [0.29, 0.717) is 0 Å². The Kier molecular flexibility index (Phi) is 3.01. The highest BCUT2D eigenvalue weighted by molar-refractivity contribution is 5.82. The van der Waals surface area contributed by atoms with Gasteiger partial charge in [-0.05, 0) is 0 Å². The third-order valence-electron chi connectivity index (χ3n) is 0.938. The molecule has 10 heteroatoms. The van der Waals surface area contributed by atoms with E-state index >= 15 is 0 Å². The zero-order valence-corrected chi connectivity index (χ0v) is 6.04.